The highest BCUT2D eigenvalue weighted by Crippen LogP contribution is 2.37. The third-order valence-electron chi connectivity index (χ3n) is 7.88. The third kappa shape index (κ3) is 5.77. The van der Waals surface area contributed by atoms with Crippen LogP contribution in [0, 0.1) is 6.92 Å². The van der Waals surface area contributed by atoms with Gasteiger partial charge in [-0.1, -0.05) is 30.3 Å². The maximum atomic E-state index is 13.1. The largest absolute Gasteiger partial charge is 0.437 e. The summed E-state index contributed by atoms with van der Waals surface area (Å²) in [6.45, 7) is 5.71. The molecular formula is C32H36N6O2. The average molecular weight is 537 g/mol. The number of nitrogens with one attached hydrogen (secondary N) is 2. The Morgan fingerprint density at radius 1 is 1.00 bits per heavy atom. The number of aromatic nitrogens is 3. The Hall–Kier alpha value is -4.04. The van der Waals surface area contributed by atoms with Crippen molar-refractivity contribution in [1.82, 2.24) is 25.2 Å². The van der Waals surface area contributed by atoms with Gasteiger partial charge in [0.2, 0.25) is 17.7 Å². The van der Waals surface area contributed by atoms with Crippen molar-refractivity contribution >= 4 is 22.6 Å². The molecule has 2 saturated heterocycles. The van der Waals surface area contributed by atoms with Crippen molar-refractivity contribution in [2.24, 2.45) is 0 Å². The van der Waals surface area contributed by atoms with Gasteiger partial charge in [0.1, 0.15) is 5.75 Å². The molecule has 0 radical (unpaired) electrons. The van der Waals surface area contributed by atoms with E-state index in [2.05, 4.69) is 38.8 Å². The summed E-state index contributed by atoms with van der Waals surface area (Å²) >= 11 is 0. The van der Waals surface area contributed by atoms with Crippen LogP contribution in [0.15, 0.2) is 60.9 Å². The lowest BCUT2D eigenvalue weighted by atomic mass is 9.98. The number of piperidine rings is 2. The second-order valence-electron chi connectivity index (χ2n) is 10.8. The summed E-state index contributed by atoms with van der Waals surface area (Å²) < 4.78 is 6.58. The van der Waals surface area contributed by atoms with Crippen LogP contribution < -0.4 is 15.4 Å². The molecule has 2 fully saturated rings. The second kappa shape index (κ2) is 12.0. The number of anilines is 1. The molecule has 2 aliphatic heterocycles. The zero-order valence-corrected chi connectivity index (χ0v) is 23.0. The topological polar surface area (TPSA) is 92.3 Å². The van der Waals surface area contributed by atoms with Gasteiger partial charge in [0.15, 0.2) is 0 Å². The number of hydrogen-bond donors (Lipinski definition) is 2. The monoisotopic (exact) mass is 536 g/mol. The van der Waals surface area contributed by atoms with E-state index in [4.69, 9.17) is 9.72 Å². The maximum Gasteiger partial charge on any atom is 0.228 e. The van der Waals surface area contributed by atoms with E-state index in [1.807, 2.05) is 42.2 Å². The van der Waals surface area contributed by atoms with E-state index >= 15 is 0 Å². The Balaban J connectivity index is 1.29. The lowest BCUT2D eigenvalue weighted by molar-refractivity contribution is -0.131. The van der Waals surface area contributed by atoms with Gasteiger partial charge in [-0.2, -0.15) is 0 Å². The van der Waals surface area contributed by atoms with Crippen molar-refractivity contribution in [3.8, 4) is 22.9 Å². The van der Waals surface area contributed by atoms with Gasteiger partial charge in [-0.05, 0) is 80.3 Å². The molecule has 0 aliphatic carbocycles. The third-order valence-corrected chi connectivity index (χ3v) is 7.88. The van der Waals surface area contributed by atoms with Gasteiger partial charge in [-0.25, -0.2) is 15.0 Å². The molecule has 0 saturated carbocycles. The first-order valence-corrected chi connectivity index (χ1v) is 14.4. The summed E-state index contributed by atoms with van der Waals surface area (Å²) in [5, 5.41) is 8.88. The Bertz CT molecular complexity index is 1490. The minimum absolute atomic E-state index is 0.194. The zero-order valence-electron chi connectivity index (χ0n) is 23.0. The van der Waals surface area contributed by atoms with Crippen LogP contribution in [0.3, 0.4) is 0 Å². The van der Waals surface area contributed by atoms with E-state index in [9.17, 15) is 4.79 Å². The van der Waals surface area contributed by atoms with Crippen LogP contribution in [0.2, 0.25) is 0 Å². The van der Waals surface area contributed by atoms with Gasteiger partial charge in [0.25, 0.3) is 0 Å². The molecule has 2 N–H and O–H groups in total. The molecule has 0 spiro atoms. The lowest BCUT2D eigenvalue weighted by Crippen LogP contribution is -2.38. The molecule has 1 amide bonds. The summed E-state index contributed by atoms with van der Waals surface area (Å²) in [4.78, 5) is 28.9. The summed E-state index contributed by atoms with van der Waals surface area (Å²) in [5.41, 5.74) is 3.55. The number of hydrogen-bond acceptors (Lipinski definition) is 7. The Labute approximate surface area is 235 Å². The van der Waals surface area contributed by atoms with E-state index in [-0.39, 0.29) is 5.91 Å². The molecule has 2 aromatic carbocycles. The minimum Gasteiger partial charge on any atom is -0.437 e. The molecule has 6 rings (SSSR count). The van der Waals surface area contributed by atoms with Gasteiger partial charge < -0.3 is 20.3 Å². The van der Waals surface area contributed by atoms with E-state index in [1.54, 1.807) is 12.4 Å². The Morgan fingerprint density at radius 2 is 1.90 bits per heavy atom. The number of aryl methyl sites for hydroxylation is 1. The van der Waals surface area contributed by atoms with E-state index in [0.29, 0.717) is 24.3 Å². The summed E-state index contributed by atoms with van der Waals surface area (Å²) in [5.74, 6) is 2.02. The molecule has 2 aliphatic rings. The minimum atomic E-state index is 0.194. The highest BCUT2D eigenvalue weighted by atomic mass is 16.5. The fraction of sp³-hybridized carbons (Fsp3) is 0.375. The van der Waals surface area contributed by atoms with Crippen LogP contribution in [0.5, 0.6) is 11.6 Å². The highest BCUT2D eigenvalue weighted by Gasteiger charge is 2.20. The Kier molecular flexibility index (Phi) is 7.86. The lowest BCUT2D eigenvalue weighted by Gasteiger charge is -2.27. The van der Waals surface area contributed by atoms with Gasteiger partial charge >= 0.3 is 0 Å². The van der Waals surface area contributed by atoms with E-state index in [0.717, 1.165) is 90.8 Å². The molecule has 4 aromatic rings. The average Bonchev–Trinajstić information content (AvgIpc) is 3.00. The summed E-state index contributed by atoms with van der Waals surface area (Å²) in [7, 11) is 0. The number of likely N-dealkylation sites (tertiary alicyclic amines) is 1. The molecule has 2 aromatic heterocycles. The molecule has 0 unspecified atom stereocenters. The Morgan fingerprint density at radius 3 is 2.75 bits per heavy atom. The van der Waals surface area contributed by atoms with Crippen molar-refractivity contribution in [2.45, 2.75) is 51.5 Å². The van der Waals surface area contributed by atoms with Crippen LogP contribution in [0.1, 0.15) is 43.2 Å². The molecule has 8 nitrogen and oxygen atoms in total. The van der Waals surface area contributed by atoms with Gasteiger partial charge in [-0.3, -0.25) is 4.79 Å². The van der Waals surface area contributed by atoms with Crippen molar-refractivity contribution in [3.05, 3.63) is 72.1 Å². The van der Waals surface area contributed by atoms with E-state index < -0.39 is 0 Å². The van der Waals surface area contributed by atoms with Crippen LogP contribution >= 0.6 is 0 Å². The van der Waals surface area contributed by atoms with Crippen molar-refractivity contribution in [2.75, 3.05) is 31.5 Å². The normalized spacial score (nSPS) is 17.5. The molecular weight excluding hydrogens is 500 g/mol. The fourth-order valence-corrected chi connectivity index (χ4v) is 5.71. The van der Waals surface area contributed by atoms with Gasteiger partial charge in [0, 0.05) is 43.5 Å². The number of fused-ring (bicyclic) bond motifs is 1. The quantitative estimate of drug-likeness (QED) is 0.322. The number of ether oxygens (including phenoxy) is 1. The molecule has 4 heterocycles. The first-order chi connectivity index (χ1) is 19.7. The predicted molar refractivity (Wildman–Crippen MR) is 158 cm³/mol. The summed E-state index contributed by atoms with van der Waals surface area (Å²) in [6.07, 6.45) is 9.51. The predicted octanol–water partition coefficient (Wildman–Crippen LogP) is 5.51. The van der Waals surface area contributed by atoms with Crippen LogP contribution in [-0.2, 0) is 11.2 Å². The zero-order chi connectivity index (χ0) is 27.3. The van der Waals surface area contributed by atoms with Gasteiger partial charge in [0.05, 0.1) is 17.7 Å². The second-order valence-corrected chi connectivity index (χ2v) is 10.8. The SMILES string of the molecule is Cc1ccc2c(CC(=O)N3CCCCC3)cccc2c1Oc1ncccc1-c1ccnc(N[C@H]2CCCNC2)n1. The van der Waals surface area contributed by atoms with Crippen LogP contribution in [0.4, 0.5) is 5.95 Å². The number of benzene rings is 2. The smallest absolute Gasteiger partial charge is 0.228 e. The van der Waals surface area contributed by atoms with Crippen LogP contribution in [-0.4, -0.2) is 58.0 Å². The molecule has 0 bridgehead atoms. The highest BCUT2D eigenvalue weighted by molar-refractivity contribution is 5.95. The molecule has 1 atom stereocenters. The van der Waals surface area contributed by atoms with Crippen LogP contribution in [0.25, 0.3) is 22.0 Å². The number of pyridine rings is 1. The van der Waals surface area contributed by atoms with Crippen molar-refractivity contribution in [1.29, 1.82) is 0 Å². The number of nitrogens with zero attached hydrogens (tertiary/aromatic N) is 4. The molecule has 206 valence electrons. The number of carbonyl (C=O) groups is 1. The fourth-order valence-electron chi connectivity index (χ4n) is 5.71. The summed E-state index contributed by atoms with van der Waals surface area (Å²) in [6, 6.07) is 16.3. The maximum absolute atomic E-state index is 13.1. The number of carbonyl (C=O) groups excluding carboxylic acids is 1. The molecule has 8 heteroatoms. The van der Waals surface area contributed by atoms with Crippen molar-refractivity contribution < 1.29 is 9.53 Å². The first kappa shape index (κ1) is 26.2. The number of rotatable bonds is 7. The van der Waals surface area contributed by atoms with Gasteiger partial charge in [-0.15, -0.1) is 0 Å². The molecule has 40 heavy (non-hydrogen) atoms. The standard InChI is InChI=1S/C32H36N6O2/c1-22-12-13-25-23(20-29(39)38-18-3-2-4-19-38)8-5-10-26(25)30(22)40-31-27(11-7-16-34-31)28-14-17-35-32(37-28)36-24-9-6-15-33-21-24/h5,7-8,10-14,16-17,24,33H,2-4,6,9,15,18-21H2,1H3,(H,35,36,37)/t24-/m0/s1. The first-order valence-electron chi connectivity index (χ1n) is 14.4. The number of amides is 1. The van der Waals surface area contributed by atoms with E-state index in [1.165, 1.54) is 6.42 Å². The van der Waals surface area contributed by atoms with Crippen molar-refractivity contribution in [3.63, 3.8) is 0 Å².